The summed E-state index contributed by atoms with van der Waals surface area (Å²) in [6.07, 6.45) is -2.57. The first-order valence-corrected chi connectivity index (χ1v) is 3.83. The number of para-hydroxylation sites is 1. The van der Waals surface area contributed by atoms with E-state index in [1.165, 1.54) is 13.2 Å². The lowest BCUT2D eigenvalue weighted by atomic mass is 10.1. The summed E-state index contributed by atoms with van der Waals surface area (Å²) in [7, 11) is 1.43. The van der Waals surface area contributed by atoms with Crippen LogP contribution >= 0.6 is 0 Å². The maximum Gasteiger partial charge on any atom is 0.257 e. The van der Waals surface area contributed by atoms with Crippen molar-refractivity contribution in [1.29, 1.82) is 0 Å². The summed E-state index contributed by atoms with van der Waals surface area (Å²) in [5.74, 6) is 0.398. The Morgan fingerprint density at radius 2 is 1.92 bits per heavy atom. The van der Waals surface area contributed by atoms with E-state index in [-0.39, 0.29) is 0 Å². The number of nitrogens with two attached hydrogens (primary N) is 1. The van der Waals surface area contributed by atoms with Gasteiger partial charge in [-0.3, -0.25) is 0 Å². The van der Waals surface area contributed by atoms with Gasteiger partial charge in [-0.05, 0) is 6.07 Å². The molecule has 72 valence electrons. The average molecular weight is 187 g/mol. The highest BCUT2D eigenvalue weighted by Gasteiger charge is 2.20. The fourth-order valence-electron chi connectivity index (χ4n) is 1.08. The molecule has 0 heterocycles. The molecule has 1 rings (SSSR count). The molecule has 0 spiro atoms. The average Bonchev–Trinajstić information content (AvgIpc) is 2.16. The van der Waals surface area contributed by atoms with E-state index in [2.05, 4.69) is 0 Å². The quantitative estimate of drug-likeness (QED) is 0.785. The Morgan fingerprint density at radius 3 is 2.46 bits per heavy atom. The van der Waals surface area contributed by atoms with Crippen LogP contribution in [0.5, 0.6) is 5.75 Å². The summed E-state index contributed by atoms with van der Waals surface area (Å²) in [4.78, 5) is 0. The molecule has 4 heteroatoms. The van der Waals surface area contributed by atoms with Crippen LogP contribution in [0.25, 0.3) is 0 Å². The molecule has 1 atom stereocenters. The molecule has 1 aromatic rings. The van der Waals surface area contributed by atoms with Gasteiger partial charge in [0.15, 0.2) is 0 Å². The van der Waals surface area contributed by atoms with Crippen molar-refractivity contribution < 1.29 is 13.5 Å². The summed E-state index contributed by atoms with van der Waals surface area (Å²) in [5.41, 5.74) is 5.62. The molecule has 0 aliphatic rings. The molecule has 2 nitrogen and oxygen atoms in total. The third-order valence-electron chi connectivity index (χ3n) is 1.77. The molecule has 0 bridgehead atoms. The number of alkyl halides is 2. The van der Waals surface area contributed by atoms with Crippen LogP contribution in [0.1, 0.15) is 11.6 Å². The van der Waals surface area contributed by atoms with Gasteiger partial charge in [-0.2, -0.15) is 0 Å². The first kappa shape index (κ1) is 9.92. The predicted molar refractivity (Wildman–Crippen MR) is 45.9 cm³/mol. The molecule has 0 radical (unpaired) electrons. The number of benzene rings is 1. The number of methoxy groups -OCH3 is 1. The third kappa shape index (κ3) is 2.15. The maximum absolute atomic E-state index is 12.2. The number of hydrogen-bond donors (Lipinski definition) is 1. The molecule has 0 amide bonds. The van der Waals surface area contributed by atoms with E-state index in [0.29, 0.717) is 11.3 Å². The van der Waals surface area contributed by atoms with Gasteiger partial charge in [-0.25, -0.2) is 8.78 Å². The summed E-state index contributed by atoms with van der Waals surface area (Å²) < 4.78 is 29.4. The van der Waals surface area contributed by atoms with Crippen LogP contribution < -0.4 is 10.5 Å². The lowest BCUT2D eigenvalue weighted by Crippen LogP contribution is -2.19. The van der Waals surface area contributed by atoms with Crippen LogP contribution in [0.2, 0.25) is 0 Å². The Kier molecular flexibility index (Phi) is 3.19. The summed E-state index contributed by atoms with van der Waals surface area (Å²) in [5, 5.41) is 0. The monoisotopic (exact) mass is 187 g/mol. The van der Waals surface area contributed by atoms with Crippen molar-refractivity contribution in [2.75, 3.05) is 7.11 Å². The zero-order valence-corrected chi connectivity index (χ0v) is 7.21. The molecule has 0 saturated heterocycles. The fraction of sp³-hybridized carbons (Fsp3) is 0.333. The van der Waals surface area contributed by atoms with Gasteiger partial charge in [0.1, 0.15) is 5.75 Å². The maximum atomic E-state index is 12.2. The number of ether oxygens (including phenoxy) is 1. The molecule has 0 aromatic heterocycles. The van der Waals surface area contributed by atoms with Crippen molar-refractivity contribution in [3.63, 3.8) is 0 Å². The van der Waals surface area contributed by atoms with Crippen molar-refractivity contribution in [2.45, 2.75) is 12.5 Å². The molecule has 1 aromatic carbocycles. The van der Waals surface area contributed by atoms with Gasteiger partial charge >= 0.3 is 0 Å². The van der Waals surface area contributed by atoms with E-state index in [1.54, 1.807) is 18.2 Å². The van der Waals surface area contributed by atoms with Crippen LogP contribution in [0, 0.1) is 0 Å². The Balaban J connectivity index is 2.98. The van der Waals surface area contributed by atoms with Crippen molar-refractivity contribution in [3.05, 3.63) is 29.8 Å². The minimum Gasteiger partial charge on any atom is -0.496 e. The summed E-state index contributed by atoms with van der Waals surface area (Å²) >= 11 is 0. The van der Waals surface area contributed by atoms with Gasteiger partial charge in [-0.1, -0.05) is 18.2 Å². The zero-order chi connectivity index (χ0) is 9.84. The Labute approximate surface area is 75.3 Å². The molecule has 13 heavy (non-hydrogen) atoms. The molecule has 0 aliphatic carbocycles. The Morgan fingerprint density at radius 1 is 1.31 bits per heavy atom. The molecular formula is C9H11F2NO. The van der Waals surface area contributed by atoms with E-state index in [9.17, 15) is 8.78 Å². The van der Waals surface area contributed by atoms with Crippen LogP contribution in [0.4, 0.5) is 8.78 Å². The fourth-order valence-corrected chi connectivity index (χ4v) is 1.08. The van der Waals surface area contributed by atoms with E-state index in [0.717, 1.165) is 0 Å². The van der Waals surface area contributed by atoms with Crippen molar-refractivity contribution in [2.24, 2.45) is 5.73 Å². The largest absolute Gasteiger partial charge is 0.496 e. The van der Waals surface area contributed by atoms with E-state index in [4.69, 9.17) is 10.5 Å². The predicted octanol–water partition coefficient (Wildman–Crippen LogP) is 1.96. The molecule has 0 saturated carbocycles. The lowest BCUT2D eigenvalue weighted by Gasteiger charge is -2.14. The Hall–Kier alpha value is -1.16. The molecule has 2 N–H and O–H groups in total. The molecular weight excluding hydrogens is 176 g/mol. The van der Waals surface area contributed by atoms with Crippen molar-refractivity contribution in [3.8, 4) is 5.75 Å². The highest BCUT2D eigenvalue weighted by Crippen LogP contribution is 2.26. The number of rotatable bonds is 3. The van der Waals surface area contributed by atoms with Crippen LogP contribution in [0.15, 0.2) is 24.3 Å². The minimum atomic E-state index is -2.57. The summed E-state index contributed by atoms with van der Waals surface area (Å²) in [6, 6.07) is 5.23. The third-order valence-corrected chi connectivity index (χ3v) is 1.77. The molecule has 0 fully saturated rings. The van der Waals surface area contributed by atoms with Gasteiger partial charge in [0.05, 0.1) is 13.2 Å². The van der Waals surface area contributed by atoms with Crippen molar-refractivity contribution >= 4 is 0 Å². The van der Waals surface area contributed by atoms with Crippen LogP contribution in [-0.4, -0.2) is 13.5 Å². The van der Waals surface area contributed by atoms with E-state index >= 15 is 0 Å². The van der Waals surface area contributed by atoms with Crippen LogP contribution in [-0.2, 0) is 0 Å². The Bertz CT molecular complexity index is 278. The highest BCUT2D eigenvalue weighted by atomic mass is 19.3. The SMILES string of the molecule is COc1ccccc1[C@@H](N)C(F)F. The number of hydrogen-bond acceptors (Lipinski definition) is 2. The second-order valence-corrected chi connectivity index (χ2v) is 2.60. The normalized spacial score (nSPS) is 13.0. The second kappa shape index (κ2) is 4.18. The van der Waals surface area contributed by atoms with E-state index < -0.39 is 12.5 Å². The standard InChI is InChI=1S/C9H11F2NO/c1-13-7-5-3-2-4-6(7)8(12)9(10)11/h2-5,8-9H,12H2,1H3/t8-/m1/s1. The first-order chi connectivity index (χ1) is 6.16. The summed E-state index contributed by atoms with van der Waals surface area (Å²) in [6.45, 7) is 0. The lowest BCUT2D eigenvalue weighted by molar-refractivity contribution is 0.115. The van der Waals surface area contributed by atoms with Crippen LogP contribution in [0.3, 0.4) is 0 Å². The molecule has 0 aliphatic heterocycles. The van der Waals surface area contributed by atoms with E-state index in [1.807, 2.05) is 0 Å². The van der Waals surface area contributed by atoms with Gasteiger partial charge in [0, 0.05) is 5.56 Å². The van der Waals surface area contributed by atoms with Crippen molar-refractivity contribution in [1.82, 2.24) is 0 Å². The van der Waals surface area contributed by atoms with Gasteiger partial charge < -0.3 is 10.5 Å². The smallest absolute Gasteiger partial charge is 0.257 e. The van der Waals surface area contributed by atoms with Gasteiger partial charge in [0.25, 0.3) is 6.43 Å². The van der Waals surface area contributed by atoms with Gasteiger partial charge in [0.2, 0.25) is 0 Å². The zero-order valence-electron chi connectivity index (χ0n) is 7.21. The first-order valence-electron chi connectivity index (χ1n) is 3.83. The molecule has 0 unspecified atom stereocenters. The highest BCUT2D eigenvalue weighted by molar-refractivity contribution is 5.35. The minimum absolute atomic E-state index is 0.333. The number of halogens is 2. The van der Waals surface area contributed by atoms with Gasteiger partial charge in [-0.15, -0.1) is 0 Å². The topological polar surface area (TPSA) is 35.2 Å². The second-order valence-electron chi connectivity index (χ2n) is 2.60.